The zero-order valence-electron chi connectivity index (χ0n) is 9.86. The van der Waals surface area contributed by atoms with E-state index in [2.05, 4.69) is 9.72 Å². The largest absolute Gasteiger partial charge is 0.481 e. The zero-order chi connectivity index (χ0) is 15.7. The van der Waals surface area contributed by atoms with Crippen LogP contribution >= 0.6 is 23.2 Å². The maximum Gasteiger partial charge on any atom is 0.207 e. The van der Waals surface area contributed by atoms with E-state index in [0.717, 1.165) is 0 Å². The highest BCUT2D eigenvalue weighted by atomic mass is 35.5. The molecule has 0 bridgehead atoms. The van der Waals surface area contributed by atoms with Gasteiger partial charge in [0.15, 0.2) is 5.75 Å². The summed E-state index contributed by atoms with van der Waals surface area (Å²) in [4.78, 5) is 3.71. The Morgan fingerprint density at radius 1 is 0.857 bits per heavy atom. The maximum absolute atomic E-state index is 13.4. The lowest BCUT2D eigenvalue weighted by molar-refractivity contribution is 0.250. The van der Waals surface area contributed by atoms with Crippen LogP contribution in [0.2, 0.25) is 10.2 Å². The van der Waals surface area contributed by atoms with E-state index >= 15 is 0 Å². The van der Waals surface area contributed by atoms with Gasteiger partial charge < -0.3 is 4.74 Å². The Hall–Kier alpha value is -1.60. The number of nitrogens with zero attached hydrogens (tertiary/aromatic N) is 1. The van der Waals surface area contributed by atoms with Gasteiger partial charge in [0.05, 0.1) is 10.7 Å². The van der Waals surface area contributed by atoms with Crippen LogP contribution in [0.25, 0.3) is 0 Å². The second-order valence-corrected chi connectivity index (χ2v) is 4.54. The molecule has 0 saturated heterocycles. The molecule has 0 aliphatic rings. The van der Waals surface area contributed by atoms with Crippen LogP contribution in [0.5, 0.6) is 5.75 Å². The van der Waals surface area contributed by atoms with Crippen molar-refractivity contribution in [2.75, 3.05) is 0 Å². The number of aromatic nitrogens is 1. The molecule has 0 amide bonds. The number of halogens is 7. The summed E-state index contributed by atoms with van der Waals surface area (Å²) in [5.74, 6) is -12.0. The van der Waals surface area contributed by atoms with Crippen molar-refractivity contribution in [3.05, 3.63) is 57.1 Å². The van der Waals surface area contributed by atoms with Crippen molar-refractivity contribution in [2.45, 2.75) is 6.61 Å². The number of hydrogen-bond acceptors (Lipinski definition) is 2. The quantitative estimate of drug-likeness (QED) is 0.350. The van der Waals surface area contributed by atoms with Gasteiger partial charge in [-0.15, -0.1) is 0 Å². The number of rotatable bonds is 3. The van der Waals surface area contributed by atoms with E-state index < -0.39 is 41.4 Å². The van der Waals surface area contributed by atoms with Gasteiger partial charge >= 0.3 is 0 Å². The molecule has 0 unspecified atom stereocenters. The van der Waals surface area contributed by atoms with Gasteiger partial charge in [0.1, 0.15) is 11.8 Å². The van der Waals surface area contributed by atoms with Crippen LogP contribution in [0.1, 0.15) is 5.69 Å². The highest BCUT2D eigenvalue weighted by Gasteiger charge is 2.27. The van der Waals surface area contributed by atoms with Crippen LogP contribution in [-0.2, 0) is 6.61 Å². The lowest BCUT2D eigenvalue weighted by Crippen LogP contribution is -2.08. The molecule has 0 radical (unpaired) electrons. The monoisotopic (exact) mass is 343 g/mol. The van der Waals surface area contributed by atoms with Gasteiger partial charge in [-0.3, -0.25) is 0 Å². The number of pyridine rings is 1. The lowest BCUT2D eigenvalue weighted by atomic mass is 10.2. The van der Waals surface area contributed by atoms with Gasteiger partial charge in [0.2, 0.25) is 29.1 Å². The second kappa shape index (κ2) is 6.03. The van der Waals surface area contributed by atoms with E-state index in [0.29, 0.717) is 0 Å². The molecular weight excluding hydrogens is 340 g/mol. The first-order chi connectivity index (χ1) is 9.82. The van der Waals surface area contributed by atoms with Crippen LogP contribution in [0, 0.1) is 29.1 Å². The second-order valence-electron chi connectivity index (χ2n) is 3.75. The minimum atomic E-state index is -2.27. The molecule has 0 fully saturated rings. The Balaban J connectivity index is 2.35. The zero-order valence-corrected chi connectivity index (χ0v) is 11.4. The Kier molecular flexibility index (Phi) is 4.53. The van der Waals surface area contributed by atoms with Crippen molar-refractivity contribution in [2.24, 2.45) is 0 Å². The Labute approximate surface area is 125 Å². The molecule has 0 atom stereocenters. The highest BCUT2D eigenvalue weighted by molar-refractivity contribution is 6.32. The first-order valence-corrected chi connectivity index (χ1v) is 6.03. The third-order valence-electron chi connectivity index (χ3n) is 2.41. The maximum atomic E-state index is 13.4. The Morgan fingerprint density at radius 2 is 1.38 bits per heavy atom. The molecule has 112 valence electrons. The third-order valence-corrected chi connectivity index (χ3v) is 2.96. The molecule has 1 heterocycles. The van der Waals surface area contributed by atoms with Gasteiger partial charge in [-0.25, -0.2) is 18.2 Å². The van der Waals surface area contributed by atoms with Crippen molar-refractivity contribution in [3.63, 3.8) is 0 Å². The number of hydrogen-bond donors (Lipinski definition) is 0. The average molecular weight is 344 g/mol. The third kappa shape index (κ3) is 3.03. The summed E-state index contributed by atoms with van der Waals surface area (Å²) in [5.41, 5.74) is -0.0203. The molecule has 2 aromatic rings. The van der Waals surface area contributed by atoms with E-state index in [-0.39, 0.29) is 15.9 Å². The fraction of sp³-hybridized carbons (Fsp3) is 0.0833. The van der Waals surface area contributed by atoms with Crippen molar-refractivity contribution >= 4 is 23.2 Å². The summed E-state index contributed by atoms with van der Waals surface area (Å²) in [6.45, 7) is -0.627. The Bertz CT molecular complexity index is 682. The SMILES string of the molecule is Fc1c(F)c(F)c(OCc2nc(Cl)ccc2Cl)c(F)c1F. The van der Waals surface area contributed by atoms with Gasteiger partial charge in [-0.1, -0.05) is 23.2 Å². The Morgan fingerprint density at radius 3 is 1.95 bits per heavy atom. The predicted molar refractivity (Wildman–Crippen MR) is 64.8 cm³/mol. The fourth-order valence-corrected chi connectivity index (χ4v) is 1.74. The normalized spacial score (nSPS) is 10.8. The first-order valence-electron chi connectivity index (χ1n) is 5.28. The molecule has 0 aliphatic carbocycles. The lowest BCUT2D eigenvalue weighted by Gasteiger charge is -2.10. The van der Waals surface area contributed by atoms with Crippen LogP contribution in [0.15, 0.2) is 12.1 Å². The molecule has 1 aromatic carbocycles. The fourth-order valence-electron chi connectivity index (χ4n) is 1.41. The van der Waals surface area contributed by atoms with E-state index in [1.54, 1.807) is 0 Å². The number of ether oxygens (including phenoxy) is 1. The molecule has 0 saturated carbocycles. The van der Waals surface area contributed by atoms with E-state index in [4.69, 9.17) is 23.2 Å². The summed E-state index contributed by atoms with van der Waals surface area (Å²) in [6, 6.07) is 2.69. The molecule has 0 N–H and O–H groups in total. The molecule has 1 aromatic heterocycles. The first kappa shape index (κ1) is 15.8. The van der Waals surface area contributed by atoms with Crippen LogP contribution in [0.4, 0.5) is 22.0 Å². The molecule has 21 heavy (non-hydrogen) atoms. The predicted octanol–water partition coefficient (Wildman–Crippen LogP) is 4.66. The number of benzene rings is 1. The van der Waals surface area contributed by atoms with E-state index in [9.17, 15) is 22.0 Å². The molecular formula is C12H4Cl2F5NO. The van der Waals surface area contributed by atoms with E-state index in [1.807, 2.05) is 0 Å². The minimum absolute atomic E-state index is 0.0203. The molecule has 0 spiro atoms. The topological polar surface area (TPSA) is 22.1 Å². The average Bonchev–Trinajstić information content (AvgIpc) is 2.46. The van der Waals surface area contributed by atoms with Gasteiger partial charge in [0.25, 0.3) is 0 Å². The smallest absolute Gasteiger partial charge is 0.207 e. The van der Waals surface area contributed by atoms with Gasteiger partial charge in [-0.2, -0.15) is 8.78 Å². The molecule has 0 aliphatic heterocycles. The van der Waals surface area contributed by atoms with Crippen LogP contribution in [-0.4, -0.2) is 4.98 Å². The summed E-state index contributed by atoms with van der Waals surface area (Å²) >= 11 is 11.3. The minimum Gasteiger partial charge on any atom is -0.481 e. The van der Waals surface area contributed by atoms with Crippen molar-refractivity contribution in [3.8, 4) is 5.75 Å². The summed E-state index contributed by atoms with van der Waals surface area (Å²) in [7, 11) is 0. The van der Waals surface area contributed by atoms with Crippen molar-refractivity contribution in [1.29, 1.82) is 0 Å². The van der Waals surface area contributed by atoms with Crippen molar-refractivity contribution < 1.29 is 26.7 Å². The van der Waals surface area contributed by atoms with Crippen molar-refractivity contribution in [1.82, 2.24) is 4.98 Å². The van der Waals surface area contributed by atoms with Crippen LogP contribution < -0.4 is 4.74 Å². The van der Waals surface area contributed by atoms with E-state index in [1.165, 1.54) is 12.1 Å². The highest BCUT2D eigenvalue weighted by Crippen LogP contribution is 2.30. The van der Waals surface area contributed by atoms with Crippen LogP contribution in [0.3, 0.4) is 0 Å². The van der Waals surface area contributed by atoms with Gasteiger partial charge in [0, 0.05) is 0 Å². The summed E-state index contributed by atoms with van der Waals surface area (Å²) < 4.78 is 70.1. The molecule has 2 nitrogen and oxygen atoms in total. The summed E-state index contributed by atoms with van der Waals surface area (Å²) in [5, 5.41) is 0.0821. The molecule has 9 heteroatoms. The van der Waals surface area contributed by atoms with Gasteiger partial charge in [-0.05, 0) is 12.1 Å². The standard InChI is InChI=1S/C12H4Cl2F5NO/c13-4-1-2-6(14)20-5(4)3-21-12-10(18)8(16)7(15)9(17)11(12)19/h1-2H,3H2. The molecule has 2 rings (SSSR count). The summed E-state index contributed by atoms with van der Waals surface area (Å²) in [6.07, 6.45) is 0.